The van der Waals surface area contributed by atoms with Crippen LogP contribution in [0, 0.1) is 0 Å². The minimum absolute atomic E-state index is 0. The normalized spacial score (nSPS) is 14.1. The van der Waals surface area contributed by atoms with E-state index in [0.717, 1.165) is 0 Å². The molecular formula is C9H12ClNO3. The summed E-state index contributed by atoms with van der Waals surface area (Å²) in [6.45, 7) is 2.06. The Morgan fingerprint density at radius 1 is 1.57 bits per heavy atom. The van der Waals surface area contributed by atoms with E-state index in [0.29, 0.717) is 6.61 Å². The van der Waals surface area contributed by atoms with Crippen LogP contribution in [-0.4, -0.2) is 22.7 Å². The Balaban J connectivity index is 0.00000169. The van der Waals surface area contributed by atoms with Crippen LogP contribution in [0.4, 0.5) is 4.79 Å². The van der Waals surface area contributed by atoms with Crippen LogP contribution in [0.25, 0.3) is 0 Å². The third-order valence-corrected chi connectivity index (χ3v) is 1.40. The maximum Gasteiger partial charge on any atom is 0.417 e. The van der Waals surface area contributed by atoms with Gasteiger partial charge in [-0.05, 0) is 25.2 Å². The quantitative estimate of drug-likeness (QED) is 0.734. The van der Waals surface area contributed by atoms with Crippen molar-refractivity contribution in [3.05, 3.63) is 36.4 Å². The fourth-order valence-corrected chi connectivity index (χ4v) is 0.816. The van der Waals surface area contributed by atoms with Gasteiger partial charge in [-0.2, -0.15) is 0 Å². The Hall–Kier alpha value is -1.42. The minimum Gasteiger partial charge on any atom is -0.508 e. The lowest BCUT2D eigenvalue weighted by atomic mass is 10.4. The van der Waals surface area contributed by atoms with Gasteiger partial charge in [0.25, 0.3) is 0 Å². The molecule has 0 saturated heterocycles. The first kappa shape index (κ1) is 12.6. The van der Waals surface area contributed by atoms with Crippen molar-refractivity contribution in [2.45, 2.75) is 6.92 Å². The molecule has 1 N–H and O–H groups in total. The Morgan fingerprint density at radius 3 is 2.93 bits per heavy atom. The number of hydrogen-bond acceptors (Lipinski definition) is 3. The first-order valence-electron chi connectivity index (χ1n) is 3.94. The highest BCUT2D eigenvalue weighted by molar-refractivity contribution is 5.85. The molecule has 0 unspecified atom stereocenters. The molecule has 5 heteroatoms. The number of amides is 1. The highest BCUT2D eigenvalue weighted by atomic mass is 35.5. The highest BCUT2D eigenvalue weighted by Crippen LogP contribution is 2.04. The van der Waals surface area contributed by atoms with Crippen molar-refractivity contribution < 1.29 is 14.6 Å². The number of allylic oxidation sites excluding steroid dienone is 3. The van der Waals surface area contributed by atoms with Crippen LogP contribution in [0.2, 0.25) is 0 Å². The molecule has 0 spiro atoms. The van der Waals surface area contributed by atoms with E-state index in [1.54, 1.807) is 13.0 Å². The smallest absolute Gasteiger partial charge is 0.417 e. The van der Waals surface area contributed by atoms with Crippen LogP contribution in [0.1, 0.15) is 6.92 Å². The third kappa shape index (κ3) is 3.53. The molecule has 0 bridgehead atoms. The fraction of sp³-hybridized carbons (Fsp3) is 0.222. The minimum atomic E-state index is -0.460. The van der Waals surface area contributed by atoms with Gasteiger partial charge in [0, 0.05) is 12.4 Å². The molecule has 0 fully saturated rings. The zero-order valence-corrected chi connectivity index (χ0v) is 8.53. The molecule has 0 aromatic carbocycles. The van der Waals surface area contributed by atoms with E-state index < -0.39 is 6.09 Å². The van der Waals surface area contributed by atoms with E-state index >= 15 is 0 Å². The van der Waals surface area contributed by atoms with Crippen LogP contribution in [0.5, 0.6) is 0 Å². The van der Waals surface area contributed by atoms with Crippen LogP contribution in [0.3, 0.4) is 0 Å². The summed E-state index contributed by atoms with van der Waals surface area (Å²) in [6, 6.07) is 0. The average Bonchev–Trinajstić information content (AvgIpc) is 2.30. The average molecular weight is 218 g/mol. The van der Waals surface area contributed by atoms with Gasteiger partial charge in [-0.1, -0.05) is 0 Å². The maximum absolute atomic E-state index is 11.2. The second kappa shape index (κ2) is 6.10. The fourth-order valence-electron chi connectivity index (χ4n) is 0.816. The van der Waals surface area contributed by atoms with E-state index in [1.165, 1.54) is 29.5 Å². The van der Waals surface area contributed by atoms with E-state index in [9.17, 15) is 4.79 Å². The Bertz CT molecular complexity index is 284. The molecule has 1 rings (SSSR count). The van der Waals surface area contributed by atoms with Gasteiger partial charge < -0.3 is 9.84 Å². The summed E-state index contributed by atoms with van der Waals surface area (Å²) in [4.78, 5) is 12.4. The molecule has 1 aliphatic rings. The number of ether oxygens (including phenoxy) is 1. The monoisotopic (exact) mass is 217 g/mol. The van der Waals surface area contributed by atoms with Crippen molar-refractivity contribution in [1.82, 2.24) is 4.90 Å². The number of rotatable bonds is 1. The van der Waals surface area contributed by atoms with E-state index in [1.807, 2.05) is 0 Å². The van der Waals surface area contributed by atoms with Gasteiger partial charge in [0.2, 0.25) is 0 Å². The molecule has 1 amide bonds. The summed E-state index contributed by atoms with van der Waals surface area (Å²) < 4.78 is 4.75. The first-order chi connectivity index (χ1) is 6.24. The number of carbonyl (C=O) groups excluding carboxylic acids is 1. The van der Waals surface area contributed by atoms with Crippen LogP contribution >= 0.6 is 12.4 Å². The summed E-state index contributed by atoms with van der Waals surface area (Å²) in [5.41, 5.74) is 0. The number of hydrogen-bond donors (Lipinski definition) is 1. The second-order valence-corrected chi connectivity index (χ2v) is 2.35. The van der Waals surface area contributed by atoms with Crippen molar-refractivity contribution in [1.29, 1.82) is 0 Å². The Labute approximate surface area is 88.6 Å². The summed E-state index contributed by atoms with van der Waals surface area (Å²) in [5, 5.41) is 9.06. The van der Waals surface area contributed by atoms with Crippen molar-refractivity contribution in [2.24, 2.45) is 0 Å². The zero-order valence-electron chi connectivity index (χ0n) is 7.71. The largest absolute Gasteiger partial charge is 0.508 e. The second-order valence-electron chi connectivity index (χ2n) is 2.35. The van der Waals surface area contributed by atoms with E-state index in [2.05, 4.69) is 0 Å². The molecule has 4 nitrogen and oxygen atoms in total. The summed E-state index contributed by atoms with van der Waals surface area (Å²) in [6.07, 6.45) is 6.95. The van der Waals surface area contributed by atoms with Gasteiger partial charge >= 0.3 is 6.09 Å². The summed E-state index contributed by atoms with van der Waals surface area (Å²) >= 11 is 0. The lowest BCUT2D eigenvalue weighted by Gasteiger charge is -2.11. The number of aliphatic hydroxyl groups is 1. The molecule has 14 heavy (non-hydrogen) atoms. The summed E-state index contributed by atoms with van der Waals surface area (Å²) in [7, 11) is 0. The standard InChI is InChI=1S/C9H11NO3.ClH/c1-2-13-9(12)10-6-3-4-8(11)5-7-10;/h3-7,11H,2H2,1H3;1H. The van der Waals surface area contributed by atoms with Gasteiger partial charge in [-0.15, -0.1) is 12.4 Å². The van der Waals surface area contributed by atoms with Crippen LogP contribution in [0.15, 0.2) is 36.4 Å². The molecule has 1 heterocycles. The number of nitrogens with zero attached hydrogens (tertiary/aromatic N) is 1. The lowest BCUT2D eigenvalue weighted by Crippen LogP contribution is -2.20. The van der Waals surface area contributed by atoms with Gasteiger partial charge in [0.05, 0.1) is 6.61 Å². The topological polar surface area (TPSA) is 49.8 Å². The van der Waals surface area contributed by atoms with Gasteiger partial charge in [-0.25, -0.2) is 4.79 Å². The van der Waals surface area contributed by atoms with Crippen LogP contribution in [-0.2, 0) is 4.74 Å². The molecule has 78 valence electrons. The van der Waals surface area contributed by atoms with Gasteiger partial charge in [-0.3, -0.25) is 4.90 Å². The number of carbonyl (C=O) groups is 1. The van der Waals surface area contributed by atoms with E-state index in [4.69, 9.17) is 9.84 Å². The molecule has 0 saturated carbocycles. The Morgan fingerprint density at radius 2 is 2.29 bits per heavy atom. The molecule has 0 radical (unpaired) electrons. The predicted octanol–water partition coefficient (Wildman–Crippen LogP) is 2.35. The molecule has 0 aliphatic carbocycles. The van der Waals surface area contributed by atoms with Gasteiger partial charge in [0.15, 0.2) is 0 Å². The van der Waals surface area contributed by atoms with Crippen molar-refractivity contribution in [2.75, 3.05) is 6.61 Å². The maximum atomic E-state index is 11.2. The van der Waals surface area contributed by atoms with E-state index in [-0.39, 0.29) is 18.2 Å². The van der Waals surface area contributed by atoms with Crippen molar-refractivity contribution >= 4 is 18.5 Å². The highest BCUT2D eigenvalue weighted by Gasteiger charge is 2.08. The lowest BCUT2D eigenvalue weighted by molar-refractivity contribution is 0.133. The van der Waals surface area contributed by atoms with Crippen LogP contribution < -0.4 is 0 Å². The number of halogens is 1. The summed E-state index contributed by atoms with van der Waals surface area (Å²) in [5.74, 6) is 0.100. The third-order valence-electron chi connectivity index (χ3n) is 1.40. The van der Waals surface area contributed by atoms with Crippen molar-refractivity contribution in [3.8, 4) is 0 Å². The first-order valence-corrected chi connectivity index (χ1v) is 3.94. The van der Waals surface area contributed by atoms with Crippen molar-refractivity contribution in [3.63, 3.8) is 0 Å². The molecular weight excluding hydrogens is 206 g/mol. The molecule has 1 aliphatic heterocycles. The zero-order chi connectivity index (χ0) is 9.68. The number of aliphatic hydroxyl groups excluding tert-OH is 1. The van der Waals surface area contributed by atoms with Gasteiger partial charge in [0.1, 0.15) is 5.76 Å². The molecule has 0 atom stereocenters. The molecule has 0 aromatic rings. The molecule has 0 aromatic heterocycles. The Kier molecular flexibility index (Phi) is 5.48. The predicted molar refractivity (Wildman–Crippen MR) is 55.1 cm³/mol. The SMILES string of the molecule is CCOC(=O)N1C=CC=C(O)C=C1.Cl.